The van der Waals surface area contributed by atoms with Crippen LogP contribution in [-0.2, 0) is 0 Å². The Labute approximate surface area is 119 Å². The summed E-state index contributed by atoms with van der Waals surface area (Å²) < 4.78 is 0. The van der Waals surface area contributed by atoms with Crippen molar-refractivity contribution in [2.24, 2.45) is 5.92 Å². The van der Waals surface area contributed by atoms with Gasteiger partial charge in [0, 0.05) is 24.7 Å². The molecule has 2 fully saturated rings. The second kappa shape index (κ2) is 6.55. The zero-order chi connectivity index (χ0) is 13.9. The van der Waals surface area contributed by atoms with Gasteiger partial charge in [-0.15, -0.1) is 0 Å². The van der Waals surface area contributed by atoms with Crippen LogP contribution in [0.25, 0.3) is 0 Å². The molecule has 2 saturated heterocycles. The monoisotopic (exact) mass is 267 g/mol. The highest BCUT2D eigenvalue weighted by atomic mass is 15.2. The molecule has 0 amide bonds. The molecule has 1 N–H and O–H groups in total. The number of rotatable bonds is 5. The minimum atomic E-state index is 0.260. The van der Waals surface area contributed by atoms with Gasteiger partial charge in [-0.1, -0.05) is 0 Å². The van der Waals surface area contributed by atoms with E-state index in [-0.39, 0.29) is 5.54 Å². The first-order valence-corrected chi connectivity index (χ1v) is 8.15. The summed E-state index contributed by atoms with van der Waals surface area (Å²) in [5.74, 6) is 0.852. The predicted molar refractivity (Wildman–Crippen MR) is 82.6 cm³/mol. The van der Waals surface area contributed by atoms with Crippen LogP contribution in [0.4, 0.5) is 0 Å². The van der Waals surface area contributed by atoms with Crippen molar-refractivity contribution in [1.29, 1.82) is 0 Å². The molecule has 2 aliphatic heterocycles. The standard InChI is InChI=1S/C16H33N3/c1-14(19-8-5-6-9-19)12-18-10-7-15(13-18)11-17-16(2,3)4/h14-15,17H,5-13H2,1-4H3. The average Bonchev–Trinajstić information content (AvgIpc) is 2.96. The fraction of sp³-hybridized carbons (Fsp3) is 1.00. The van der Waals surface area contributed by atoms with Crippen molar-refractivity contribution in [2.45, 2.75) is 58.5 Å². The summed E-state index contributed by atoms with van der Waals surface area (Å²) in [6.07, 6.45) is 4.18. The molecule has 2 atom stereocenters. The van der Waals surface area contributed by atoms with Gasteiger partial charge >= 0.3 is 0 Å². The highest BCUT2D eigenvalue weighted by molar-refractivity contribution is 4.83. The minimum absolute atomic E-state index is 0.260. The third kappa shape index (κ3) is 5.05. The van der Waals surface area contributed by atoms with Gasteiger partial charge in [0.1, 0.15) is 0 Å². The van der Waals surface area contributed by atoms with Crippen LogP contribution in [0.3, 0.4) is 0 Å². The lowest BCUT2D eigenvalue weighted by Gasteiger charge is -2.28. The van der Waals surface area contributed by atoms with Crippen molar-refractivity contribution in [2.75, 3.05) is 39.3 Å². The largest absolute Gasteiger partial charge is 0.312 e. The molecule has 0 aliphatic carbocycles. The van der Waals surface area contributed by atoms with Crippen LogP contribution in [-0.4, -0.2) is 60.6 Å². The van der Waals surface area contributed by atoms with Gasteiger partial charge in [-0.25, -0.2) is 0 Å². The summed E-state index contributed by atoms with van der Waals surface area (Å²) in [7, 11) is 0. The first kappa shape index (κ1) is 15.3. The molecule has 3 nitrogen and oxygen atoms in total. The molecule has 0 saturated carbocycles. The highest BCUT2D eigenvalue weighted by Crippen LogP contribution is 2.19. The van der Waals surface area contributed by atoms with Crippen molar-refractivity contribution < 1.29 is 0 Å². The molecule has 2 aliphatic rings. The zero-order valence-electron chi connectivity index (χ0n) is 13.4. The van der Waals surface area contributed by atoms with Crippen LogP contribution in [0.5, 0.6) is 0 Å². The molecule has 19 heavy (non-hydrogen) atoms. The third-order valence-corrected chi connectivity index (χ3v) is 4.58. The summed E-state index contributed by atoms with van der Waals surface area (Å²) >= 11 is 0. The minimum Gasteiger partial charge on any atom is -0.312 e. The first-order valence-electron chi connectivity index (χ1n) is 8.15. The molecule has 0 bridgehead atoms. The lowest BCUT2D eigenvalue weighted by Crippen LogP contribution is -2.41. The fourth-order valence-electron chi connectivity index (χ4n) is 3.37. The fourth-order valence-corrected chi connectivity index (χ4v) is 3.37. The summed E-state index contributed by atoms with van der Waals surface area (Å²) in [5, 5.41) is 3.66. The molecule has 3 heteroatoms. The van der Waals surface area contributed by atoms with E-state index in [1.54, 1.807) is 0 Å². The summed E-state index contributed by atoms with van der Waals surface area (Å²) in [5.41, 5.74) is 0.260. The zero-order valence-corrected chi connectivity index (χ0v) is 13.4. The van der Waals surface area contributed by atoms with E-state index in [1.165, 1.54) is 58.5 Å². The molecule has 0 aromatic carbocycles. The Morgan fingerprint density at radius 3 is 2.47 bits per heavy atom. The SMILES string of the molecule is CC(CN1CCC(CNC(C)(C)C)C1)N1CCCC1. The van der Waals surface area contributed by atoms with Gasteiger partial charge in [-0.05, 0) is 79.1 Å². The molecule has 0 spiro atoms. The van der Waals surface area contributed by atoms with Crippen LogP contribution >= 0.6 is 0 Å². The first-order chi connectivity index (χ1) is 8.94. The molecule has 0 aromatic rings. The lowest BCUT2D eigenvalue weighted by molar-refractivity contribution is 0.188. The van der Waals surface area contributed by atoms with Gasteiger partial charge in [0.05, 0.1) is 0 Å². The van der Waals surface area contributed by atoms with Crippen molar-refractivity contribution in [3.8, 4) is 0 Å². The van der Waals surface area contributed by atoms with Crippen molar-refractivity contribution in [1.82, 2.24) is 15.1 Å². The number of hydrogen-bond donors (Lipinski definition) is 1. The van der Waals surface area contributed by atoms with Crippen LogP contribution in [0, 0.1) is 5.92 Å². The molecular weight excluding hydrogens is 234 g/mol. The molecule has 2 rings (SSSR count). The Morgan fingerprint density at radius 1 is 1.16 bits per heavy atom. The van der Waals surface area contributed by atoms with Crippen molar-refractivity contribution in [3.05, 3.63) is 0 Å². The van der Waals surface area contributed by atoms with E-state index >= 15 is 0 Å². The van der Waals surface area contributed by atoms with Gasteiger partial charge in [0.25, 0.3) is 0 Å². The Balaban J connectivity index is 1.67. The maximum Gasteiger partial charge on any atom is 0.0194 e. The second-order valence-electron chi connectivity index (χ2n) is 7.64. The van der Waals surface area contributed by atoms with E-state index in [0.29, 0.717) is 0 Å². The Hall–Kier alpha value is -0.120. The predicted octanol–water partition coefficient (Wildman–Crippen LogP) is 2.18. The van der Waals surface area contributed by atoms with Gasteiger partial charge < -0.3 is 10.2 Å². The Kier molecular flexibility index (Phi) is 5.27. The Morgan fingerprint density at radius 2 is 1.84 bits per heavy atom. The quantitative estimate of drug-likeness (QED) is 0.824. The highest BCUT2D eigenvalue weighted by Gasteiger charge is 2.26. The van der Waals surface area contributed by atoms with E-state index < -0.39 is 0 Å². The number of likely N-dealkylation sites (tertiary alicyclic amines) is 2. The van der Waals surface area contributed by atoms with Crippen LogP contribution in [0.1, 0.15) is 47.0 Å². The molecule has 0 radical (unpaired) electrons. The van der Waals surface area contributed by atoms with Gasteiger partial charge in [0.2, 0.25) is 0 Å². The Bertz CT molecular complexity index is 266. The number of hydrogen-bond acceptors (Lipinski definition) is 3. The van der Waals surface area contributed by atoms with E-state index in [4.69, 9.17) is 0 Å². The van der Waals surface area contributed by atoms with E-state index in [2.05, 4.69) is 42.8 Å². The second-order valence-corrected chi connectivity index (χ2v) is 7.64. The number of nitrogens with one attached hydrogen (secondary N) is 1. The van der Waals surface area contributed by atoms with E-state index in [0.717, 1.165) is 12.0 Å². The third-order valence-electron chi connectivity index (χ3n) is 4.58. The molecule has 112 valence electrons. The molecule has 0 aromatic heterocycles. The van der Waals surface area contributed by atoms with Gasteiger partial charge in [-0.3, -0.25) is 4.90 Å². The smallest absolute Gasteiger partial charge is 0.0194 e. The maximum atomic E-state index is 3.66. The van der Waals surface area contributed by atoms with Crippen LogP contribution in [0.2, 0.25) is 0 Å². The average molecular weight is 267 g/mol. The summed E-state index contributed by atoms with van der Waals surface area (Å²) in [6.45, 7) is 16.9. The summed E-state index contributed by atoms with van der Waals surface area (Å²) in [4.78, 5) is 5.35. The van der Waals surface area contributed by atoms with Gasteiger partial charge in [-0.2, -0.15) is 0 Å². The van der Waals surface area contributed by atoms with Crippen molar-refractivity contribution in [3.63, 3.8) is 0 Å². The van der Waals surface area contributed by atoms with Gasteiger partial charge in [0.15, 0.2) is 0 Å². The summed E-state index contributed by atoms with van der Waals surface area (Å²) in [6, 6.07) is 0.747. The number of nitrogens with zero attached hydrogens (tertiary/aromatic N) is 2. The topological polar surface area (TPSA) is 18.5 Å². The van der Waals surface area contributed by atoms with Crippen LogP contribution in [0.15, 0.2) is 0 Å². The van der Waals surface area contributed by atoms with Crippen molar-refractivity contribution >= 4 is 0 Å². The normalized spacial score (nSPS) is 28.1. The molecule has 2 heterocycles. The van der Waals surface area contributed by atoms with E-state index in [9.17, 15) is 0 Å². The van der Waals surface area contributed by atoms with Crippen LogP contribution < -0.4 is 5.32 Å². The van der Waals surface area contributed by atoms with E-state index in [1.807, 2.05) is 0 Å². The maximum absolute atomic E-state index is 3.66. The molecular formula is C16H33N3. The lowest BCUT2D eigenvalue weighted by atomic mass is 10.1. The molecule has 2 unspecified atom stereocenters.